The minimum atomic E-state index is -0.575. The number of rotatable bonds is 4. The van der Waals surface area contributed by atoms with Crippen LogP contribution in [0, 0.1) is 0 Å². The van der Waals surface area contributed by atoms with Crippen LogP contribution in [-0.2, 0) is 17.6 Å². The van der Waals surface area contributed by atoms with E-state index in [4.69, 9.17) is 9.15 Å². The van der Waals surface area contributed by atoms with Gasteiger partial charge in [0.05, 0.1) is 0 Å². The number of aromatic hydroxyl groups is 1. The summed E-state index contributed by atoms with van der Waals surface area (Å²) in [6.07, 6.45) is 2.52. The van der Waals surface area contributed by atoms with Crippen molar-refractivity contribution in [2.24, 2.45) is 0 Å². The van der Waals surface area contributed by atoms with Gasteiger partial charge in [-0.2, -0.15) is 0 Å². The predicted octanol–water partition coefficient (Wildman–Crippen LogP) is 1.83. The van der Waals surface area contributed by atoms with Gasteiger partial charge in [0.25, 0.3) is 11.8 Å². The fourth-order valence-electron chi connectivity index (χ4n) is 3.38. The topological polar surface area (TPSA) is 118 Å². The number of ether oxygens (including phenoxy) is 1. The molecule has 1 aliphatic rings. The van der Waals surface area contributed by atoms with Crippen molar-refractivity contribution < 1.29 is 23.8 Å². The lowest BCUT2D eigenvalue weighted by Crippen LogP contribution is -2.43. The van der Waals surface area contributed by atoms with E-state index in [0.29, 0.717) is 11.3 Å². The van der Waals surface area contributed by atoms with E-state index >= 15 is 0 Å². The molecule has 1 aliphatic carbocycles. The van der Waals surface area contributed by atoms with Crippen LogP contribution in [0.1, 0.15) is 27.9 Å². The van der Waals surface area contributed by atoms with Gasteiger partial charge in [-0.15, -0.1) is 0 Å². The van der Waals surface area contributed by atoms with E-state index in [-0.39, 0.29) is 23.5 Å². The fourth-order valence-corrected chi connectivity index (χ4v) is 3.38. The second kappa shape index (κ2) is 7.67. The lowest BCUT2D eigenvalue weighted by atomic mass is 10.1. The van der Waals surface area contributed by atoms with Gasteiger partial charge in [-0.25, -0.2) is 4.79 Å². The first-order valence-corrected chi connectivity index (χ1v) is 9.11. The van der Waals surface area contributed by atoms with Gasteiger partial charge < -0.3 is 14.3 Å². The standard InChI is InChI=1S/C21H18N2O6/c24-13-4-1-3-12(9-13)20(26)23-22-19(25)11-28-14-7-8-16-15-5-2-6-17(15)21(27)29-18(16)10-14/h1,3-4,7-10,24H,2,5-6,11H2,(H,22,25)(H,23,26). The molecule has 2 aromatic carbocycles. The molecule has 148 valence electrons. The van der Waals surface area contributed by atoms with Crippen LogP contribution >= 0.6 is 0 Å². The van der Waals surface area contributed by atoms with Gasteiger partial charge in [0.2, 0.25) is 0 Å². The van der Waals surface area contributed by atoms with Crippen LogP contribution in [0.15, 0.2) is 51.7 Å². The van der Waals surface area contributed by atoms with E-state index in [9.17, 15) is 19.5 Å². The van der Waals surface area contributed by atoms with Crippen LogP contribution in [0.4, 0.5) is 0 Å². The number of amides is 2. The summed E-state index contributed by atoms with van der Waals surface area (Å²) in [5, 5.41) is 10.3. The molecular formula is C21H18N2O6. The maximum Gasteiger partial charge on any atom is 0.339 e. The highest BCUT2D eigenvalue weighted by atomic mass is 16.5. The average Bonchev–Trinajstić information content (AvgIpc) is 3.21. The van der Waals surface area contributed by atoms with Crippen LogP contribution < -0.4 is 21.2 Å². The fraction of sp³-hybridized carbons (Fsp3) is 0.190. The van der Waals surface area contributed by atoms with Crippen LogP contribution in [0.25, 0.3) is 11.0 Å². The number of phenols is 1. The molecule has 0 radical (unpaired) electrons. The second-order valence-electron chi connectivity index (χ2n) is 6.70. The minimum absolute atomic E-state index is 0.0547. The van der Waals surface area contributed by atoms with E-state index in [1.165, 1.54) is 24.3 Å². The van der Waals surface area contributed by atoms with Crippen molar-refractivity contribution in [3.63, 3.8) is 0 Å². The minimum Gasteiger partial charge on any atom is -0.508 e. The van der Waals surface area contributed by atoms with E-state index < -0.39 is 11.8 Å². The van der Waals surface area contributed by atoms with Crippen molar-refractivity contribution in [1.82, 2.24) is 10.9 Å². The SMILES string of the molecule is O=C(COc1ccc2c3c(c(=O)oc2c1)CCC3)NNC(=O)c1cccc(O)c1. The third-order valence-electron chi connectivity index (χ3n) is 4.74. The highest BCUT2D eigenvalue weighted by Gasteiger charge is 2.19. The number of hydrogen-bond acceptors (Lipinski definition) is 6. The number of hydrazine groups is 1. The number of hydrogen-bond donors (Lipinski definition) is 3. The van der Waals surface area contributed by atoms with Crippen molar-refractivity contribution in [3.8, 4) is 11.5 Å². The van der Waals surface area contributed by atoms with Crippen LogP contribution in [-0.4, -0.2) is 23.5 Å². The summed E-state index contributed by atoms with van der Waals surface area (Å²) in [5.41, 5.74) is 6.53. The molecule has 0 bridgehead atoms. The molecule has 8 nitrogen and oxygen atoms in total. The van der Waals surface area contributed by atoms with Gasteiger partial charge in [-0.3, -0.25) is 20.4 Å². The smallest absolute Gasteiger partial charge is 0.339 e. The molecule has 0 spiro atoms. The summed E-state index contributed by atoms with van der Waals surface area (Å²) < 4.78 is 10.8. The molecule has 8 heteroatoms. The number of aryl methyl sites for hydroxylation is 1. The normalized spacial score (nSPS) is 12.4. The highest BCUT2D eigenvalue weighted by molar-refractivity contribution is 5.95. The number of carbonyl (C=O) groups excluding carboxylic acids is 2. The molecule has 0 aliphatic heterocycles. The van der Waals surface area contributed by atoms with E-state index in [1.807, 2.05) is 6.07 Å². The molecule has 0 saturated heterocycles. The summed E-state index contributed by atoms with van der Waals surface area (Å²) in [5.74, 6) is -0.835. The molecule has 29 heavy (non-hydrogen) atoms. The zero-order valence-corrected chi connectivity index (χ0v) is 15.4. The number of carbonyl (C=O) groups is 2. The Kier molecular flexibility index (Phi) is 4.90. The molecule has 1 heterocycles. The first-order chi connectivity index (χ1) is 14.0. The molecular weight excluding hydrogens is 376 g/mol. The molecule has 4 rings (SSSR count). The van der Waals surface area contributed by atoms with E-state index in [0.717, 1.165) is 35.8 Å². The van der Waals surface area contributed by atoms with Crippen molar-refractivity contribution >= 4 is 22.8 Å². The Morgan fingerprint density at radius 2 is 1.90 bits per heavy atom. The summed E-state index contributed by atoms with van der Waals surface area (Å²) >= 11 is 0. The lowest BCUT2D eigenvalue weighted by Gasteiger charge is -2.10. The van der Waals surface area contributed by atoms with E-state index in [2.05, 4.69) is 10.9 Å². The first kappa shape index (κ1) is 18.5. The molecule has 0 saturated carbocycles. The highest BCUT2D eigenvalue weighted by Crippen LogP contribution is 2.29. The van der Waals surface area contributed by atoms with Crippen molar-refractivity contribution in [3.05, 3.63) is 69.6 Å². The first-order valence-electron chi connectivity index (χ1n) is 9.11. The van der Waals surface area contributed by atoms with Gasteiger partial charge in [-0.05, 0) is 55.2 Å². The second-order valence-corrected chi connectivity index (χ2v) is 6.70. The van der Waals surface area contributed by atoms with Crippen molar-refractivity contribution in [2.45, 2.75) is 19.3 Å². The Hall–Kier alpha value is -3.81. The summed E-state index contributed by atoms with van der Waals surface area (Å²) in [6, 6.07) is 10.8. The van der Waals surface area contributed by atoms with Gasteiger partial charge >= 0.3 is 5.63 Å². The summed E-state index contributed by atoms with van der Waals surface area (Å²) in [6.45, 7) is -0.346. The Labute approximate surface area is 165 Å². The zero-order valence-electron chi connectivity index (χ0n) is 15.4. The van der Waals surface area contributed by atoms with Crippen molar-refractivity contribution in [2.75, 3.05) is 6.61 Å². The average molecular weight is 394 g/mol. The Morgan fingerprint density at radius 3 is 2.72 bits per heavy atom. The molecule has 1 aromatic heterocycles. The van der Waals surface area contributed by atoms with Gasteiger partial charge in [-0.1, -0.05) is 6.07 Å². The summed E-state index contributed by atoms with van der Waals surface area (Å²) in [7, 11) is 0. The van der Waals surface area contributed by atoms with Crippen LogP contribution in [0.3, 0.4) is 0 Å². The largest absolute Gasteiger partial charge is 0.508 e. The van der Waals surface area contributed by atoms with Crippen LogP contribution in [0.5, 0.6) is 11.5 Å². The number of phenolic OH excluding ortho intramolecular Hbond substituents is 1. The van der Waals surface area contributed by atoms with Gasteiger partial charge in [0.1, 0.15) is 17.1 Å². The van der Waals surface area contributed by atoms with Crippen molar-refractivity contribution in [1.29, 1.82) is 0 Å². The maximum absolute atomic E-state index is 12.1. The zero-order chi connectivity index (χ0) is 20.4. The third kappa shape index (κ3) is 3.91. The van der Waals surface area contributed by atoms with Gasteiger partial charge in [0.15, 0.2) is 6.61 Å². The Morgan fingerprint density at radius 1 is 1.07 bits per heavy atom. The summed E-state index contributed by atoms with van der Waals surface area (Å²) in [4.78, 5) is 35.9. The molecule has 3 aromatic rings. The van der Waals surface area contributed by atoms with E-state index in [1.54, 1.807) is 12.1 Å². The van der Waals surface area contributed by atoms with Gasteiger partial charge in [0, 0.05) is 22.6 Å². The molecule has 3 N–H and O–H groups in total. The maximum atomic E-state index is 12.1. The molecule has 0 atom stereocenters. The monoisotopic (exact) mass is 394 g/mol. The molecule has 0 unspecified atom stereocenters. The molecule has 2 amide bonds. The number of fused-ring (bicyclic) bond motifs is 3. The lowest BCUT2D eigenvalue weighted by molar-refractivity contribution is -0.123. The quantitative estimate of drug-likeness (QED) is 0.459. The molecule has 0 fully saturated rings. The Balaban J connectivity index is 1.37. The van der Waals surface area contributed by atoms with Crippen LogP contribution in [0.2, 0.25) is 0 Å². The third-order valence-corrected chi connectivity index (χ3v) is 4.74. The Bertz CT molecular complexity index is 1170. The number of benzene rings is 2. The number of nitrogens with one attached hydrogen (secondary N) is 2. The predicted molar refractivity (Wildman–Crippen MR) is 104 cm³/mol.